The molecule has 0 amide bonds. The first kappa shape index (κ1) is 19.9. The van der Waals surface area contributed by atoms with Crippen molar-refractivity contribution in [1.29, 1.82) is 0 Å². The van der Waals surface area contributed by atoms with Crippen molar-refractivity contribution in [2.75, 3.05) is 57.6 Å². The summed E-state index contributed by atoms with van der Waals surface area (Å²) in [6.45, 7) is 2.19. The number of ether oxygens (including phenoxy) is 1. The number of rotatable bonds is 13. The molecule has 0 aromatic carbocycles. The predicted octanol–water partition coefficient (Wildman–Crippen LogP) is 2.76. The Balaban J connectivity index is 4.55. The average Bonchev–Trinajstić information content (AvgIpc) is 2.41. The lowest BCUT2D eigenvalue weighted by Crippen LogP contribution is -2.33. The number of nitrogens with zero attached hydrogens (tertiary/aromatic N) is 1. The van der Waals surface area contributed by atoms with Crippen molar-refractivity contribution in [2.45, 2.75) is 6.42 Å². The summed E-state index contributed by atoms with van der Waals surface area (Å²) in [6, 6.07) is 0. The van der Waals surface area contributed by atoms with Crippen LogP contribution in [-0.2, 0) is 13.8 Å². The highest BCUT2D eigenvalue weighted by molar-refractivity contribution is 7.54. The van der Waals surface area contributed by atoms with Crippen LogP contribution in [0.1, 0.15) is 6.42 Å². The molecule has 19 heavy (non-hydrogen) atoms. The average molecular weight is 356 g/mol. The van der Waals surface area contributed by atoms with E-state index in [1.165, 1.54) is 0 Å². The van der Waals surface area contributed by atoms with E-state index in [-0.39, 0.29) is 12.5 Å². The summed E-state index contributed by atoms with van der Waals surface area (Å²) in [6.07, 6.45) is 0.736. The number of hydrogen-bond donors (Lipinski definition) is 1. The van der Waals surface area contributed by atoms with Crippen molar-refractivity contribution in [2.24, 2.45) is 0 Å². The Kier molecular flexibility index (Phi) is 13.3. The van der Waals surface area contributed by atoms with Crippen molar-refractivity contribution in [3.63, 3.8) is 0 Å². The van der Waals surface area contributed by atoms with Gasteiger partial charge >= 0.3 is 7.67 Å². The Morgan fingerprint density at radius 3 is 2.21 bits per heavy atom. The fraction of sp³-hybridized carbons (Fsp3) is 1.00. The molecule has 5 nitrogen and oxygen atoms in total. The fourth-order valence-corrected chi connectivity index (χ4v) is 4.18. The van der Waals surface area contributed by atoms with Gasteiger partial charge in [-0.25, -0.2) is 9.76 Å². The topological polar surface area (TPSA) is 50.8 Å². The molecule has 0 rings (SSSR count). The van der Waals surface area contributed by atoms with Crippen LogP contribution in [-0.4, -0.2) is 62.3 Å². The molecule has 0 aromatic heterocycles. The predicted molar refractivity (Wildman–Crippen MR) is 81.8 cm³/mol. The van der Waals surface area contributed by atoms with Crippen LogP contribution in [0.5, 0.6) is 0 Å². The summed E-state index contributed by atoms with van der Waals surface area (Å²) in [5.74, 6) is 0.981. The molecular formula is C10H22Cl3N2O3P. The molecule has 0 bridgehead atoms. The maximum Gasteiger partial charge on any atom is 0.343 e. The first-order valence-electron chi connectivity index (χ1n) is 6.06. The van der Waals surface area contributed by atoms with E-state index in [1.54, 1.807) is 11.8 Å². The maximum absolute atomic E-state index is 12.8. The lowest BCUT2D eigenvalue weighted by Gasteiger charge is -2.30. The van der Waals surface area contributed by atoms with E-state index < -0.39 is 7.67 Å². The molecule has 0 fully saturated rings. The third kappa shape index (κ3) is 8.74. The minimum absolute atomic E-state index is 0.206. The van der Waals surface area contributed by atoms with Crippen molar-refractivity contribution >= 4 is 42.5 Å². The third-order valence-corrected chi connectivity index (χ3v) is 5.03. The van der Waals surface area contributed by atoms with Gasteiger partial charge in [-0.3, -0.25) is 4.57 Å². The zero-order chi connectivity index (χ0) is 14.6. The normalized spacial score (nSPS) is 14.8. The van der Waals surface area contributed by atoms with Crippen molar-refractivity contribution < 1.29 is 13.8 Å². The molecule has 0 aliphatic carbocycles. The summed E-state index contributed by atoms with van der Waals surface area (Å²) in [5.41, 5.74) is 0. The summed E-state index contributed by atoms with van der Waals surface area (Å²) >= 11 is 17.0. The Morgan fingerprint density at radius 2 is 1.74 bits per heavy atom. The summed E-state index contributed by atoms with van der Waals surface area (Å²) in [4.78, 5) is 0. The standard InChI is InChI=1S/C10H22Cl3N2O3P/c1-17-9-2-6-14-19(16,18-10-5-13)15(7-3-11)8-4-12/h2-10H2,1H3,(H,14,16). The molecule has 1 unspecified atom stereocenters. The minimum Gasteiger partial charge on any atom is -0.385 e. The summed E-state index contributed by atoms with van der Waals surface area (Å²) in [7, 11) is -1.52. The molecule has 0 aliphatic heterocycles. The van der Waals surface area contributed by atoms with E-state index in [0.717, 1.165) is 6.42 Å². The van der Waals surface area contributed by atoms with Gasteiger partial charge in [0.15, 0.2) is 0 Å². The highest BCUT2D eigenvalue weighted by Gasteiger charge is 2.30. The van der Waals surface area contributed by atoms with Crippen LogP contribution in [0.3, 0.4) is 0 Å². The number of nitrogens with one attached hydrogen (secondary N) is 1. The van der Waals surface area contributed by atoms with Crippen LogP contribution in [0.4, 0.5) is 0 Å². The smallest absolute Gasteiger partial charge is 0.343 e. The van der Waals surface area contributed by atoms with Gasteiger partial charge < -0.3 is 9.26 Å². The van der Waals surface area contributed by atoms with Gasteiger partial charge in [-0.05, 0) is 6.42 Å². The molecule has 116 valence electrons. The summed E-state index contributed by atoms with van der Waals surface area (Å²) < 4.78 is 24.8. The van der Waals surface area contributed by atoms with Crippen LogP contribution in [0.2, 0.25) is 0 Å². The largest absolute Gasteiger partial charge is 0.385 e. The Hall–Kier alpha value is 0.940. The molecule has 1 atom stereocenters. The zero-order valence-corrected chi connectivity index (χ0v) is 14.3. The van der Waals surface area contributed by atoms with Crippen LogP contribution in [0.15, 0.2) is 0 Å². The molecule has 9 heteroatoms. The van der Waals surface area contributed by atoms with E-state index in [9.17, 15) is 4.57 Å². The highest BCUT2D eigenvalue weighted by atomic mass is 35.5. The van der Waals surface area contributed by atoms with Gasteiger partial charge in [0.25, 0.3) is 0 Å². The second kappa shape index (κ2) is 12.7. The van der Waals surface area contributed by atoms with Gasteiger partial charge in [0, 0.05) is 51.0 Å². The van der Waals surface area contributed by atoms with Gasteiger partial charge in [-0.15, -0.1) is 34.8 Å². The fourth-order valence-electron chi connectivity index (χ4n) is 1.39. The van der Waals surface area contributed by atoms with Crippen LogP contribution < -0.4 is 5.09 Å². The number of halogens is 3. The third-order valence-electron chi connectivity index (χ3n) is 2.24. The molecule has 0 saturated heterocycles. The molecule has 0 aliphatic rings. The molecular weight excluding hydrogens is 333 g/mol. The van der Waals surface area contributed by atoms with E-state index >= 15 is 0 Å². The van der Waals surface area contributed by atoms with Gasteiger partial charge in [0.05, 0.1) is 6.61 Å². The van der Waals surface area contributed by atoms with E-state index in [1.807, 2.05) is 0 Å². The van der Waals surface area contributed by atoms with E-state index in [4.69, 9.17) is 44.1 Å². The second-order valence-electron chi connectivity index (χ2n) is 3.63. The molecule has 0 heterocycles. The van der Waals surface area contributed by atoms with Gasteiger partial charge in [-0.2, -0.15) is 0 Å². The quantitative estimate of drug-likeness (QED) is 0.313. The zero-order valence-electron chi connectivity index (χ0n) is 11.1. The minimum atomic E-state index is -3.14. The number of methoxy groups -OCH3 is 1. The van der Waals surface area contributed by atoms with Crippen LogP contribution in [0, 0.1) is 0 Å². The first-order chi connectivity index (χ1) is 9.14. The van der Waals surface area contributed by atoms with Crippen LogP contribution >= 0.6 is 42.5 Å². The highest BCUT2D eigenvalue weighted by Crippen LogP contribution is 2.46. The Morgan fingerprint density at radius 1 is 1.11 bits per heavy atom. The summed E-state index contributed by atoms with van der Waals surface area (Å²) in [5, 5.41) is 2.94. The van der Waals surface area contributed by atoms with Gasteiger partial charge in [0.1, 0.15) is 0 Å². The molecule has 0 radical (unpaired) electrons. The lowest BCUT2D eigenvalue weighted by molar-refractivity contribution is 0.194. The molecule has 0 saturated carbocycles. The lowest BCUT2D eigenvalue weighted by atomic mass is 10.5. The Labute approximate surface area is 130 Å². The first-order valence-corrected chi connectivity index (χ1v) is 9.24. The molecule has 0 aromatic rings. The molecule has 0 spiro atoms. The number of alkyl halides is 3. The SMILES string of the molecule is COCCCNP(=O)(OCCCl)N(CCCl)CCCl. The second-order valence-corrected chi connectivity index (χ2v) is 6.94. The van der Waals surface area contributed by atoms with Crippen molar-refractivity contribution in [1.82, 2.24) is 9.76 Å². The Bertz CT molecular complexity index is 256. The van der Waals surface area contributed by atoms with Gasteiger partial charge in [-0.1, -0.05) is 0 Å². The maximum atomic E-state index is 12.8. The van der Waals surface area contributed by atoms with E-state index in [0.29, 0.717) is 38.0 Å². The van der Waals surface area contributed by atoms with Crippen LogP contribution in [0.25, 0.3) is 0 Å². The number of hydrogen-bond acceptors (Lipinski definition) is 3. The van der Waals surface area contributed by atoms with Crippen molar-refractivity contribution in [3.8, 4) is 0 Å². The molecule has 1 N–H and O–H groups in total. The monoisotopic (exact) mass is 354 g/mol. The van der Waals surface area contributed by atoms with Crippen molar-refractivity contribution in [3.05, 3.63) is 0 Å². The van der Waals surface area contributed by atoms with Gasteiger partial charge in [0.2, 0.25) is 0 Å². The van der Waals surface area contributed by atoms with E-state index in [2.05, 4.69) is 5.09 Å².